The summed E-state index contributed by atoms with van der Waals surface area (Å²) in [4.78, 5) is 7.90. The van der Waals surface area contributed by atoms with Crippen molar-refractivity contribution in [2.24, 2.45) is 10.7 Å². The maximum absolute atomic E-state index is 5.69. The summed E-state index contributed by atoms with van der Waals surface area (Å²) in [6.45, 7) is 2.60. The Kier molecular flexibility index (Phi) is 3.66. The molecule has 2 heterocycles. The fourth-order valence-electron chi connectivity index (χ4n) is 2.25. The summed E-state index contributed by atoms with van der Waals surface area (Å²) in [5, 5.41) is 1.11. The van der Waals surface area contributed by atoms with E-state index in [4.69, 9.17) is 10.5 Å². The SMILES string of the molecule is COC1=Nc2cc(-c3ccccc3)sc2N(/C(C)=C\N)C1. The fraction of sp³-hybridized carbons (Fsp3) is 0.188. The van der Waals surface area contributed by atoms with E-state index in [0.717, 1.165) is 16.4 Å². The molecule has 0 saturated heterocycles. The van der Waals surface area contributed by atoms with Crippen LogP contribution >= 0.6 is 11.3 Å². The van der Waals surface area contributed by atoms with Crippen molar-refractivity contribution in [1.29, 1.82) is 0 Å². The number of nitrogens with two attached hydrogens (primary N) is 1. The molecule has 0 amide bonds. The van der Waals surface area contributed by atoms with Gasteiger partial charge < -0.3 is 15.4 Å². The van der Waals surface area contributed by atoms with Crippen LogP contribution < -0.4 is 10.6 Å². The Morgan fingerprint density at radius 1 is 1.38 bits per heavy atom. The van der Waals surface area contributed by atoms with Crippen LogP contribution in [0.5, 0.6) is 0 Å². The number of methoxy groups -OCH3 is 1. The van der Waals surface area contributed by atoms with Crippen LogP contribution in [0.4, 0.5) is 10.7 Å². The molecular formula is C16H17N3OS. The Bertz CT molecular complexity index is 704. The smallest absolute Gasteiger partial charge is 0.208 e. The summed E-state index contributed by atoms with van der Waals surface area (Å²) in [6, 6.07) is 12.4. The minimum absolute atomic E-state index is 0.609. The molecule has 1 aliphatic rings. The summed E-state index contributed by atoms with van der Waals surface area (Å²) in [7, 11) is 1.65. The molecule has 0 unspecified atom stereocenters. The van der Waals surface area contributed by atoms with Crippen molar-refractivity contribution in [1.82, 2.24) is 0 Å². The third-order valence-corrected chi connectivity index (χ3v) is 4.63. The van der Waals surface area contributed by atoms with E-state index < -0.39 is 0 Å². The van der Waals surface area contributed by atoms with Gasteiger partial charge in [0.2, 0.25) is 5.90 Å². The first-order valence-electron chi connectivity index (χ1n) is 6.69. The lowest BCUT2D eigenvalue weighted by molar-refractivity contribution is 0.394. The van der Waals surface area contributed by atoms with Gasteiger partial charge in [-0.3, -0.25) is 0 Å². The molecule has 0 spiro atoms. The zero-order chi connectivity index (χ0) is 14.8. The predicted molar refractivity (Wildman–Crippen MR) is 89.1 cm³/mol. The monoisotopic (exact) mass is 299 g/mol. The summed E-state index contributed by atoms with van der Waals surface area (Å²) in [5.74, 6) is 0.695. The number of thiophene rings is 1. The molecule has 0 bridgehead atoms. The number of ether oxygens (including phenoxy) is 1. The van der Waals surface area contributed by atoms with Gasteiger partial charge in [-0.1, -0.05) is 30.3 Å². The number of anilines is 1. The standard InChI is InChI=1S/C16H17N3OS/c1-11(9-17)19-10-15(20-2)18-13-8-14(21-16(13)19)12-6-4-3-5-7-12/h3-9H,10,17H2,1-2H3/b11-9-. The number of hydrogen-bond acceptors (Lipinski definition) is 5. The molecule has 1 aromatic heterocycles. The first-order valence-corrected chi connectivity index (χ1v) is 7.51. The van der Waals surface area contributed by atoms with Crippen LogP contribution in [0.3, 0.4) is 0 Å². The molecule has 1 aromatic carbocycles. The molecule has 3 rings (SSSR count). The van der Waals surface area contributed by atoms with E-state index in [0.29, 0.717) is 12.4 Å². The third-order valence-electron chi connectivity index (χ3n) is 3.44. The van der Waals surface area contributed by atoms with Gasteiger partial charge >= 0.3 is 0 Å². The van der Waals surface area contributed by atoms with Crippen molar-refractivity contribution >= 4 is 27.9 Å². The van der Waals surface area contributed by atoms with Gasteiger partial charge in [0, 0.05) is 16.8 Å². The Morgan fingerprint density at radius 2 is 2.14 bits per heavy atom. The number of hydrogen-bond donors (Lipinski definition) is 1. The lowest BCUT2D eigenvalue weighted by Crippen LogP contribution is -2.31. The molecule has 2 aromatic rings. The van der Waals surface area contributed by atoms with E-state index in [-0.39, 0.29) is 0 Å². The van der Waals surface area contributed by atoms with Gasteiger partial charge in [-0.25, -0.2) is 4.99 Å². The molecule has 0 aliphatic carbocycles. The zero-order valence-corrected chi connectivity index (χ0v) is 12.9. The van der Waals surface area contributed by atoms with Crippen molar-refractivity contribution in [2.45, 2.75) is 6.92 Å². The van der Waals surface area contributed by atoms with Crippen LogP contribution in [0.15, 0.2) is 53.3 Å². The average Bonchev–Trinajstić information content (AvgIpc) is 2.97. The topological polar surface area (TPSA) is 50.8 Å². The number of allylic oxidation sites excluding steroid dienone is 1. The zero-order valence-electron chi connectivity index (χ0n) is 12.0. The molecule has 0 fully saturated rings. The maximum atomic E-state index is 5.69. The highest BCUT2D eigenvalue weighted by molar-refractivity contribution is 7.20. The molecule has 21 heavy (non-hydrogen) atoms. The largest absolute Gasteiger partial charge is 0.483 e. The highest BCUT2D eigenvalue weighted by atomic mass is 32.1. The van der Waals surface area contributed by atoms with E-state index >= 15 is 0 Å². The Morgan fingerprint density at radius 3 is 2.81 bits per heavy atom. The van der Waals surface area contributed by atoms with Crippen molar-refractivity contribution in [3.05, 3.63) is 48.3 Å². The van der Waals surface area contributed by atoms with E-state index in [9.17, 15) is 0 Å². The molecule has 0 atom stereocenters. The lowest BCUT2D eigenvalue weighted by Gasteiger charge is -2.27. The highest BCUT2D eigenvalue weighted by Gasteiger charge is 2.24. The van der Waals surface area contributed by atoms with E-state index in [1.165, 1.54) is 10.4 Å². The first kappa shape index (κ1) is 13.7. The van der Waals surface area contributed by atoms with Crippen molar-refractivity contribution in [3.8, 4) is 10.4 Å². The summed E-state index contributed by atoms with van der Waals surface area (Å²) in [6.07, 6.45) is 1.62. The number of fused-ring (bicyclic) bond motifs is 1. The van der Waals surface area contributed by atoms with Gasteiger partial charge in [-0.2, -0.15) is 0 Å². The Labute approximate surface area is 128 Å². The van der Waals surface area contributed by atoms with Crippen LogP contribution in [0.2, 0.25) is 0 Å². The molecule has 1 aliphatic heterocycles. The normalized spacial score (nSPS) is 14.7. The first-order chi connectivity index (χ1) is 10.2. The number of rotatable bonds is 2. The van der Waals surface area contributed by atoms with Crippen molar-refractivity contribution in [2.75, 3.05) is 18.6 Å². The van der Waals surface area contributed by atoms with Crippen molar-refractivity contribution < 1.29 is 4.74 Å². The predicted octanol–water partition coefficient (Wildman–Crippen LogP) is 3.73. The van der Waals surface area contributed by atoms with Crippen LogP contribution in [0, 0.1) is 0 Å². The van der Waals surface area contributed by atoms with Crippen LogP contribution in [0.1, 0.15) is 6.92 Å². The number of nitrogens with zero attached hydrogens (tertiary/aromatic N) is 2. The molecule has 4 nitrogen and oxygen atoms in total. The Balaban J connectivity index is 2.09. The second-order valence-corrected chi connectivity index (χ2v) is 5.80. The number of benzene rings is 1. The lowest BCUT2D eigenvalue weighted by atomic mass is 10.2. The van der Waals surface area contributed by atoms with Crippen LogP contribution in [-0.4, -0.2) is 19.6 Å². The Hall–Kier alpha value is -2.27. The van der Waals surface area contributed by atoms with E-state index in [1.807, 2.05) is 25.1 Å². The second-order valence-electron chi connectivity index (χ2n) is 4.77. The number of aliphatic imine (C=N–C) groups is 1. The second kappa shape index (κ2) is 5.61. The van der Waals surface area contributed by atoms with E-state index in [1.54, 1.807) is 24.6 Å². The van der Waals surface area contributed by atoms with Gasteiger partial charge in [0.15, 0.2) is 0 Å². The summed E-state index contributed by atoms with van der Waals surface area (Å²) < 4.78 is 5.33. The maximum Gasteiger partial charge on any atom is 0.208 e. The van der Waals surface area contributed by atoms with Gasteiger partial charge in [-0.15, -0.1) is 11.3 Å². The average molecular weight is 299 g/mol. The fourth-order valence-corrected chi connectivity index (χ4v) is 3.41. The third kappa shape index (κ3) is 2.52. The summed E-state index contributed by atoms with van der Waals surface area (Å²) >= 11 is 1.72. The molecule has 0 saturated carbocycles. The van der Waals surface area contributed by atoms with Gasteiger partial charge in [0.1, 0.15) is 10.7 Å². The molecule has 0 radical (unpaired) electrons. The van der Waals surface area contributed by atoms with E-state index in [2.05, 4.69) is 28.1 Å². The minimum atomic E-state index is 0.609. The molecule has 5 heteroatoms. The van der Waals surface area contributed by atoms with Crippen molar-refractivity contribution in [3.63, 3.8) is 0 Å². The van der Waals surface area contributed by atoms with Crippen LogP contribution in [0.25, 0.3) is 10.4 Å². The minimum Gasteiger partial charge on any atom is -0.483 e. The summed E-state index contributed by atoms with van der Waals surface area (Å²) in [5.41, 5.74) is 8.80. The quantitative estimate of drug-likeness (QED) is 0.919. The van der Waals surface area contributed by atoms with Gasteiger partial charge in [0.05, 0.1) is 13.7 Å². The van der Waals surface area contributed by atoms with Gasteiger partial charge in [-0.05, 0) is 18.6 Å². The van der Waals surface area contributed by atoms with Crippen LogP contribution in [-0.2, 0) is 4.74 Å². The molecule has 108 valence electrons. The molecular weight excluding hydrogens is 282 g/mol. The highest BCUT2D eigenvalue weighted by Crippen LogP contribution is 2.45. The molecule has 2 N–H and O–H groups in total. The van der Waals surface area contributed by atoms with Gasteiger partial charge in [0.25, 0.3) is 0 Å².